The lowest BCUT2D eigenvalue weighted by Crippen LogP contribution is -2.05. The fraction of sp³-hybridized carbons (Fsp3) is 0.364. The number of aryl methyl sites for hydroxylation is 1. The summed E-state index contributed by atoms with van der Waals surface area (Å²) in [6.45, 7) is 1.80. The minimum Gasteiger partial charge on any atom is -0.294 e. The lowest BCUT2D eigenvalue weighted by atomic mass is 10.0. The first-order valence-corrected chi connectivity index (χ1v) is 4.97. The van der Waals surface area contributed by atoms with Gasteiger partial charge in [0.15, 0.2) is 11.6 Å². The Labute approximate surface area is 86.9 Å². The minimum atomic E-state index is -0.575. The summed E-state index contributed by atoms with van der Waals surface area (Å²) in [5, 5.41) is 0.0361. The van der Waals surface area contributed by atoms with E-state index >= 15 is 0 Å². The molecule has 1 nitrogen and oxygen atoms in total. The number of hydrogen-bond acceptors (Lipinski definition) is 1. The largest absolute Gasteiger partial charge is 0.294 e. The van der Waals surface area contributed by atoms with E-state index in [9.17, 15) is 9.18 Å². The monoisotopic (exact) mass is 212 g/mol. The second-order valence-electron chi connectivity index (χ2n) is 3.75. The van der Waals surface area contributed by atoms with Gasteiger partial charge in [0, 0.05) is 5.92 Å². The van der Waals surface area contributed by atoms with Gasteiger partial charge in [0.2, 0.25) is 0 Å². The van der Waals surface area contributed by atoms with E-state index in [1.165, 1.54) is 6.07 Å². The maximum Gasteiger partial charge on any atom is 0.168 e. The van der Waals surface area contributed by atoms with Gasteiger partial charge in [-0.25, -0.2) is 4.39 Å². The molecule has 0 heterocycles. The summed E-state index contributed by atoms with van der Waals surface area (Å²) >= 11 is 5.66. The summed E-state index contributed by atoms with van der Waals surface area (Å²) in [4.78, 5) is 11.6. The Morgan fingerprint density at radius 1 is 1.50 bits per heavy atom. The van der Waals surface area contributed by atoms with Crippen molar-refractivity contribution in [1.82, 2.24) is 0 Å². The quantitative estimate of drug-likeness (QED) is 0.687. The molecule has 0 spiro atoms. The topological polar surface area (TPSA) is 17.1 Å². The van der Waals surface area contributed by atoms with E-state index in [-0.39, 0.29) is 22.3 Å². The summed E-state index contributed by atoms with van der Waals surface area (Å²) < 4.78 is 13.5. The number of rotatable bonds is 2. The molecule has 0 saturated heterocycles. The summed E-state index contributed by atoms with van der Waals surface area (Å²) in [5.74, 6) is -0.648. The molecule has 0 bridgehead atoms. The molecule has 0 aliphatic heterocycles. The van der Waals surface area contributed by atoms with Crippen molar-refractivity contribution in [3.05, 3.63) is 34.1 Å². The number of carbonyl (C=O) groups excluding carboxylic acids is 1. The van der Waals surface area contributed by atoms with Gasteiger partial charge in [-0.2, -0.15) is 0 Å². The van der Waals surface area contributed by atoms with E-state index in [0.29, 0.717) is 0 Å². The number of carbonyl (C=O) groups is 1. The predicted octanol–water partition coefficient (Wildman–Crippen LogP) is 3.38. The zero-order valence-electron chi connectivity index (χ0n) is 7.81. The van der Waals surface area contributed by atoms with Crippen LogP contribution in [-0.4, -0.2) is 5.78 Å². The molecule has 1 aliphatic rings. The van der Waals surface area contributed by atoms with E-state index in [2.05, 4.69) is 0 Å². The number of ketones is 1. The molecule has 0 radical (unpaired) electrons. The van der Waals surface area contributed by atoms with Crippen LogP contribution in [0, 0.1) is 18.7 Å². The molecule has 0 unspecified atom stereocenters. The lowest BCUT2D eigenvalue weighted by molar-refractivity contribution is 0.0963. The van der Waals surface area contributed by atoms with Crippen LogP contribution >= 0.6 is 11.6 Å². The first kappa shape index (κ1) is 9.66. The third-order valence-corrected chi connectivity index (χ3v) is 2.66. The molecule has 0 amide bonds. The van der Waals surface area contributed by atoms with Crippen molar-refractivity contribution in [1.29, 1.82) is 0 Å². The van der Waals surface area contributed by atoms with Gasteiger partial charge in [-0.05, 0) is 37.5 Å². The van der Waals surface area contributed by atoms with Gasteiger partial charge >= 0.3 is 0 Å². The van der Waals surface area contributed by atoms with Gasteiger partial charge in [0.25, 0.3) is 0 Å². The summed E-state index contributed by atoms with van der Waals surface area (Å²) in [5.41, 5.74) is 0.970. The lowest BCUT2D eigenvalue weighted by Gasteiger charge is -2.04. The van der Waals surface area contributed by atoms with Gasteiger partial charge in [-0.1, -0.05) is 11.6 Å². The summed E-state index contributed by atoms with van der Waals surface area (Å²) in [7, 11) is 0. The third kappa shape index (κ3) is 1.67. The van der Waals surface area contributed by atoms with Crippen molar-refractivity contribution < 1.29 is 9.18 Å². The first-order valence-electron chi connectivity index (χ1n) is 4.59. The molecule has 1 fully saturated rings. The Bertz CT molecular complexity index is 397. The fourth-order valence-corrected chi connectivity index (χ4v) is 1.74. The van der Waals surface area contributed by atoms with E-state index in [1.54, 1.807) is 13.0 Å². The highest BCUT2D eigenvalue weighted by Crippen LogP contribution is 2.34. The van der Waals surface area contributed by atoms with Crippen molar-refractivity contribution in [2.75, 3.05) is 0 Å². The van der Waals surface area contributed by atoms with Crippen molar-refractivity contribution in [2.45, 2.75) is 19.8 Å². The highest BCUT2D eigenvalue weighted by Gasteiger charge is 2.32. The van der Waals surface area contributed by atoms with E-state index in [4.69, 9.17) is 11.6 Å². The molecule has 1 aliphatic carbocycles. The van der Waals surface area contributed by atoms with Crippen LogP contribution < -0.4 is 0 Å². The van der Waals surface area contributed by atoms with Gasteiger partial charge in [-0.15, -0.1) is 0 Å². The number of benzene rings is 1. The maximum absolute atomic E-state index is 13.5. The molecular weight excluding hydrogens is 203 g/mol. The Hall–Kier alpha value is -0.890. The predicted molar refractivity (Wildman–Crippen MR) is 53.2 cm³/mol. The van der Waals surface area contributed by atoms with E-state index < -0.39 is 5.82 Å². The maximum atomic E-state index is 13.5. The Balaban J connectivity index is 2.45. The average Bonchev–Trinajstić information content (AvgIpc) is 2.93. The normalized spacial score (nSPS) is 15.6. The molecule has 14 heavy (non-hydrogen) atoms. The van der Waals surface area contributed by atoms with Crippen molar-refractivity contribution >= 4 is 17.4 Å². The third-order valence-electron chi connectivity index (χ3n) is 2.39. The van der Waals surface area contributed by atoms with Crippen molar-refractivity contribution in [3.63, 3.8) is 0 Å². The first-order chi connectivity index (χ1) is 6.59. The van der Waals surface area contributed by atoms with E-state index in [0.717, 1.165) is 18.4 Å². The van der Waals surface area contributed by atoms with Crippen LogP contribution in [0.2, 0.25) is 5.02 Å². The summed E-state index contributed by atoms with van der Waals surface area (Å²) in [6, 6.07) is 3.10. The Kier molecular flexibility index (Phi) is 2.31. The standard InChI is InChI=1S/C11H10ClFO/c1-6-4-8(10(13)9(12)5-6)11(14)7-2-3-7/h4-5,7H,2-3H2,1H3. The smallest absolute Gasteiger partial charge is 0.168 e. The summed E-state index contributed by atoms with van der Waals surface area (Å²) in [6.07, 6.45) is 1.76. The van der Waals surface area contributed by atoms with Gasteiger partial charge in [0.1, 0.15) is 0 Å². The highest BCUT2D eigenvalue weighted by atomic mass is 35.5. The second kappa shape index (κ2) is 3.35. The van der Waals surface area contributed by atoms with Crippen molar-refractivity contribution in [3.8, 4) is 0 Å². The number of hydrogen-bond donors (Lipinski definition) is 0. The molecule has 0 N–H and O–H groups in total. The Morgan fingerprint density at radius 3 is 2.71 bits per heavy atom. The minimum absolute atomic E-state index is 0.0300. The molecule has 2 rings (SSSR count). The zero-order valence-corrected chi connectivity index (χ0v) is 8.57. The molecule has 1 saturated carbocycles. The highest BCUT2D eigenvalue weighted by molar-refractivity contribution is 6.31. The van der Waals surface area contributed by atoms with Crippen LogP contribution in [0.1, 0.15) is 28.8 Å². The average molecular weight is 213 g/mol. The molecule has 1 aromatic rings. The van der Waals surface area contributed by atoms with Gasteiger partial charge in [0.05, 0.1) is 10.6 Å². The molecule has 0 atom stereocenters. The number of Topliss-reactive ketones (excluding diaryl/α,β-unsaturated/α-hetero) is 1. The molecule has 3 heteroatoms. The van der Waals surface area contributed by atoms with Crippen LogP contribution in [-0.2, 0) is 0 Å². The van der Waals surface area contributed by atoms with Gasteiger partial charge in [-0.3, -0.25) is 4.79 Å². The van der Waals surface area contributed by atoms with E-state index in [1.807, 2.05) is 0 Å². The molecule has 1 aromatic carbocycles. The molecule has 74 valence electrons. The fourth-order valence-electron chi connectivity index (χ4n) is 1.47. The van der Waals surface area contributed by atoms with Crippen LogP contribution in [0.15, 0.2) is 12.1 Å². The van der Waals surface area contributed by atoms with Crippen LogP contribution in [0.5, 0.6) is 0 Å². The van der Waals surface area contributed by atoms with Crippen LogP contribution in [0.3, 0.4) is 0 Å². The Morgan fingerprint density at radius 2 is 2.14 bits per heavy atom. The van der Waals surface area contributed by atoms with Crippen LogP contribution in [0.4, 0.5) is 4.39 Å². The van der Waals surface area contributed by atoms with Crippen LogP contribution in [0.25, 0.3) is 0 Å². The molecule has 0 aromatic heterocycles. The van der Waals surface area contributed by atoms with Crippen molar-refractivity contribution in [2.24, 2.45) is 5.92 Å². The number of halogens is 2. The SMILES string of the molecule is Cc1cc(Cl)c(F)c(C(=O)C2CC2)c1. The second-order valence-corrected chi connectivity index (χ2v) is 4.15. The zero-order chi connectivity index (χ0) is 10.3. The van der Waals surface area contributed by atoms with Gasteiger partial charge < -0.3 is 0 Å². The molecular formula is C11H10ClFO.